The van der Waals surface area contributed by atoms with Gasteiger partial charge >= 0.3 is 5.97 Å². The van der Waals surface area contributed by atoms with Gasteiger partial charge in [-0.15, -0.1) is 0 Å². The number of nitrogens with one attached hydrogen (secondary N) is 1. The second-order valence-corrected chi connectivity index (χ2v) is 6.71. The number of primary amides is 1. The average molecular weight is 442 g/mol. The fraction of sp³-hybridized carbons (Fsp3) is 0.238. The van der Waals surface area contributed by atoms with Crippen molar-refractivity contribution in [2.45, 2.75) is 19.4 Å². The molecule has 2 aromatic rings. The Labute approximate surface area is 183 Å². The van der Waals surface area contributed by atoms with E-state index in [9.17, 15) is 29.3 Å². The molecule has 11 heteroatoms. The highest BCUT2D eigenvalue weighted by atomic mass is 16.6. The zero-order valence-electron chi connectivity index (χ0n) is 17.2. The van der Waals surface area contributed by atoms with E-state index in [1.165, 1.54) is 30.0 Å². The number of ether oxygens (including phenoxy) is 1. The van der Waals surface area contributed by atoms with Crippen LogP contribution in [-0.2, 0) is 19.1 Å². The molecule has 0 radical (unpaired) electrons. The minimum atomic E-state index is -1.12. The highest BCUT2D eigenvalue weighted by Crippen LogP contribution is 2.15. The molecular formula is C21H22N4O7. The van der Waals surface area contributed by atoms with Crippen LogP contribution in [-0.4, -0.2) is 47.8 Å². The predicted molar refractivity (Wildman–Crippen MR) is 114 cm³/mol. The number of nitro groups is 1. The first-order valence-electron chi connectivity index (χ1n) is 9.54. The van der Waals surface area contributed by atoms with E-state index in [1.54, 1.807) is 30.3 Å². The van der Waals surface area contributed by atoms with Gasteiger partial charge in [-0.05, 0) is 25.1 Å². The Kier molecular flexibility index (Phi) is 8.40. The first-order chi connectivity index (χ1) is 15.2. The Morgan fingerprint density at radius 3 is 2.44 bits per heavy atom. The van der Waals surface area contributed by atoms with E-state index in [0.717, 1.165) is 6.07 Å². The molecule has 0 bridgehead atoms. The number of rotatable bonds is 10. The number of nitrogens with two attached hydrogens (primary N) is 1. The van der Waals surface area contributed by atoms with Gasteiger partial charge in [-0.25, -0.2) is 4.79 Å². The van der Waals surface area contributed by atoms with Gasteiger partial charge < -0.3 is 20.7 Å². The number of benzene rings is 2. The third kappa shape index (κ3) is 6.90. The maximum absolute atomic E-state index is 12.6. The number of hydrogen-bond donors (Lipinski definition) is 2. The summed E-state index contributed by atoms with van der Waals surface area (Å²) in [4.78, 5) is 59.6. The third-order valence-corrected chi connectivity index (χ3v) is 4.31. The number of esters is 1. The van der Waals surface area contributed by atoms with Crippen molar-refractivity contribution < 1.29 is 28.8 Å². The van der Waals surface area contributed by atoms with Gasteiger partial charge in [0, 0.05) is 36.3 Å². The lowest BCUT2D eigenvalue weighted by Crippen LogP contribution is -2.42. The summed E-state index contributed by atoms with van der Waals surface area (Å²) in [5.74, 6) is -2.76. The molecule has 0 aliphatic rings. The van der Waals surface area contributed by atoms with Crippen molar-refractivity contribution >= 4 is 35.1 Å². The molecular weight excluding hydrogens is 420 g/mol. The number of para-hydroxylation sites is 1. The molecule has 3 N–H and O–H groups in total. The summed E-state index contributed by atoms with van der Waals surface area (Å²) < 4.78 is 5.00. The van der Waals surface area contributed by atoms with Crippen LogP contribution < -0.4 is 16.0 Å². The SMILES string of the molecule is C[C@H](NC(=O)c1cccc([N+](=O)[O-])c1)C(=O)OCC(=O)N(CCC(N)=O)c1ccccc1. The van der Waals surface area contributed by atoms with Gasteiger partial charge in [-0.2, -0.15) is 0 Å². The number of amides is 3. The summed E-state index contributed by atoms with van der Waals surface area (Å²) in [6, 6.07) is 12.4. The molecule has 0 fully saturated rings. The molecule has 0 aromatic heterocycles. The fourth-order valence-electron chi connectivity index (χ4n) is 2.66. The predicted octanol–water partition coefficient (Wildman–Crippen LogP) is 1.16. The first kappa shape index (κ1) is 24.0. The van der Waals surface area contributed by atoms with E-state index in [0.29, 0.717) is 5.69 Å². The molecule has 3 amide bonds. The lowest BCUT2D eigenvalue weighted by Gasteiger charge is -2.22. The number of carbonyl (C=O) groups excluding carboxylic acids is 4. The van der Waals surface area contributed by atoms with Crippen LogP contribution >= 0.6 is 0 Å². The monoisotopic (exact) mass is 442 g/mol. The number of hydrogen-bond acceptors (Lipinski definition) is 7. The van der Waals surface area contributed by atoms with Crippen LogP contribution in [0.3, 0.4) is 0 Å². The lowest BCUT2D eigenvalue weighted by molar-refractivity contribution is -0.384. The molecule has 1 atom stereocenters. The Morgan fingerprint density at radius 2 is 1.81 bits per heavy atom. The molecule has 0 saturated heterocycles. The van der Waals surface area contributed by atoms with Gasteiger partial charge in [0.2, 0.25) is 5.91 Å². The lowest BCUT2D eigenvalue weighted by atomic mass is 10.2. The molecule has 0 spiro atoms. The molecule has 0 unspecified atom stereocenters. The molecule has 2 rings (SSSR count). The van der Waals surface area contributed by atoms with Crippen molar-refractivity contribution in [2.24, 2.45) is 5.73 Å². The molecule has 0 aliphatic carbocycles. The minimum Gasteiger partial charge on any atom is -0.454 e. The van der Waals surface area contributed by atoms with Crippen molar-refractivity contribution in [3.63, 3.8) is 0 Å². The fourth-order valence-corrected chi connectivity index (χ4v) is 2.66. The van der Waals surface area contributed by atoms with Crippen LogP contribution in [0.2, 0.25) is 0 Å². The third-order valence-electron chi connectivity index (χ3n) is 4.31. The van der Waals surface area contributed by atoms with Gasteiger partial charge in [0.1, 0.15) is 6.04 Å². The maximum atomic E-state index is 12.6. The Morgan fingerprint density at radius 1 is 1.12 bits per heavy atom. The highest BCUT2D eigenvalue weighted by Gasteiger charge is 2.22. The number of anilines is 1. The van der Waals surface area contributed by atoms with Crippen LogP contribution in [0.1, 0.15) is 23.7 Å². The van der Waals surface area contributed by atoms with Gasteiger partial charge in [0.25, 0.3) is 17.5 Å². The second kappa shape index (κ2) is 11.2. The summed E-state index contributed by atoms with van der Waals surface area (Å²) in [5, 5.41) is 13.2. The van der Waals surface area contributed by atoms with Crippen LogP contribution in [0.15, 0.2) is 54.6 Å². The van der Waals surface area contributed by atoms with Crippen molar-refractivity contribution in [3.05, 3.63) is 70.3 Å². The van der Waals surface area contributed by atoms with E-state index in [-0.39, 0.29) is 24.2 Å². The van der Waals surface area contributed by atoms with Crippen molar-refractivity contribution in [2.75, 3.05) is 18.1 Å². The quantitative estimate of drug-likeness (QED) is 0.317. The summed E-state index contributed by atoms with van der Waals surface area (Å²) >= 11 is 0. The zero-order valence-corrected chi connectivity index (χ0v) is 17.2. The standard InChI is InChI=1S/C21H22N4O7/c1-14(23-20(28)15-6-5-9-17(12-15)25(30)31)21(29)32-13-19(27)24(11-10-18(22)26)16-7-3-2-4-8-16/h2-9,12,14H,10-11,13H2,1H3,(H2,22,26)(H,23,28)/t14-/m0/s1. The number of non-ortho nitro benzene ring substituents is 1. The maximum Gasteiger partial charge on any atom is 0.328 e. The molecule has 0 saturated carbocycles. The zero-order chi connectivity index (χ0) is 23.7. The molecule has 168 valence electrons. The number of nitro benzene ring substituents is 1. The Bertz CT molecular complexity index is 1010. The normalized spacial score (nSPS) is 11.2. The number of carbonyl (C=O) groups is 4. The summed E-state index contributed by atoms with van der Waals surface area (Å²) in [7, 11) is 0. The smallest absolute Gasteiger partial charge is 0.328 e. The number of nitrogens with zero attached hydrogens (tertiary/aromatic N) is 2. The van der Waals surface area contributed by atoms with Crippen molar-refractivity contribution in [3.8, 4) is 0 Å². The summed E-state index contributed by atoms with van der Waals surface area (Å²) in [6.07, 6.45) is -0.0791. The van der Waals surface area contributed by atoms with E-state index >= 15 is 0 Å². The molecule has 0 heterocycles. The molecule has 0 aliphatic heterocycles. The highest BCUT2D eigenvalue weighted by molar-refractivity contribution is 5.98. The van der Waals surface area contributed by atoms with E-state index < -0.39 is 41.3 Å². The molecule has 32 heavy (non-hydrogen) atoms. The Balaban J connectivity index is 1.96. The van der Waals surface area contributed by atoms with Crippen molar-refractivity contribution in [1.82, 2.24) is 5.32 Å². The second-order valence-electron chi connectivity index (χ2n) is 6.71. The van der Waals surface area contributed by atoms with Crippen LogP contribution in [0.5, 0.6) is 0 Å². The van der Waals surface area contributed by atoms with Gasteiger partial charge in [0.05, 0.1) is 4.92 Å². The van der Waals surface area contributed by atoms with E-state index in [2.05, 4.69) is 5.32 Å². The first-order valence-corrected chi connectivity index (χ1v) is 9.54. The average Bonchev–Trinajstić information content (AvgIpc) is 2.78. The van der Waals surface area contributed by atoms with Gasteiger partial charge in [0.15, 0.2) is 6.61 Å². The topological polar surface area (TPSA) is 162 Å². The van der Waals surface area contributed by atoms with Crippen LogP contribution in [0.25, 0.3) is 0 Å². The van der Waals surface area contributed by atoms with E-state index in [4.69, 9.17) is 10.5 Å². The van der Waals surface area contributed by atoms with Crippen LogP contribution in [0, 0.1) is 10.1 Å². The molecule has 2 aromatic carbocycles. The van der Waals surface area contributed by atoms with E-state index in [1.807, 2.05) is 0 Å². The summed E-state index contributed by atoms with van der Waals surface area (Å²) in [6.45, 7) is 0.739. The van der Waals surface area contributed by atoms with Crippen LogP contribution in [0.4, 0.5) is 11.4 Å². The van der Waals surface area contributed by atoms with Gasteiger partial charge in [-0.3, -0.25) is 24.5 Å². The summed E-state index contributed by atoms with van der Waals surface area (Å²) in [5.41, 5.74) is 5.39. The largest absolute Gasteiger partial charge is 0.454 e. The van der Waals surface area contributed by atoms with Gasteiger partial charge in [-0.1, -0.05) is 24.3 Å². The Hall–Kier alpha value is -4.28. The van der Waals surface area contributed by atoms with Crippen molar-refractivity contribution in [1.29, 1.82) is 0 Å². The molecule has 11 nitrogen and oxygen atoms in total. The minimum absolute atomic E-state index is 0.00312.